The zero-order valence-electron chi connectivity index (χ0n) is 11.6. The number of hydrogen-bond acceptors (Lipinski definition) is 3. The van der Waals surface area contributed by atoms with Gasteiger partial charge in [0.05, 0.1) is 10.8 Å². The Hall–Kier alpha value is -1.40. The second-order valence-corrected chi connectivity index (χ2v) is 7.23. The van der Waals surface area contributed by atoms with E-state index >= 15 is 0 Å². The molecule has 2 atom stereocenters. The largest absolute Gasteiger partial charge is 0.481 e. The molecular weight excluding hydrogens is 278 g/mol. The third kappa shape index (κ3) is 2.86. The summed E-state index contributed by atoms with van der Waals surface area (Å²) in [5, 5.41) is 9.02. The third-order valence-electron chi connectivity index (χ3n) is 3.79. The quantitative estimate of drug-likeness (QED) is 0.924. The van der Waals surface area contributed by atoms with Crippen molar-refractivity contribution in [2.24, 2.45) is 5.92 Å². The monoisotopic (exact) mass is 297 g/mol. The minimum absolute atomic E-state index is 0.258. The molecule has 0 amide bonds. The Bertz CT molecular complexity index is 594. The van der Waals surface area contributed by atoms with E-state index in [-0.39, 0.29) is 17.5 Å². The Morgan fingerprint density at radius 2 is 1.90 bits per heavy atom. The van der Waals surface area contributed by atoms with Gasteiger partial charge in [-0.25, -0.2) is 8.42 Å². The van der Waals surface area contributed by atoms with Gasteiger partial charge in [-0.05, 0) is 38.8 Å². The normalized spacial score (nSPS) is 24.5. The topological polar surface area (TPSA) is 74.7 Å². The van der Waals surface area contributed by atoms with Gasteiger partial charge in [0.2, 0.25) is 10.0 Å². The number of hydrogen-bond donors (Lipinski definition) is 1. The fourth-order valence-corrected chi connectivity index (χ4v) is 4.23. The molecule has 2 unspecified atom stereocenters. The number of sulfonamides is 1. The van der Waals surface area contributed by atoms with E-state index in [1.807, 2.05) is 6.92 Å². The Morgan fingerprint density at radius 3 is 2.40 bits per heavy atom. The summed E-state index contributed by atoms with van der Waals surface area (Å²) in [7, 11) is -3.54. The van der Waals surface area contributed by atoms with Gasteiger partial charge in [-0.1, -0.05) is 17.7 Å². The number of carbonyl (C=O) groups is 1. The van der Waals surface area contributed by atoms with Gasteiger partial charge in [-0.3, -0.25) is 4.79 Å². The van der Waals surface area contributed by atoms with Crippen LogP contribution in [0.3, 0.4) is 0 Å². The summed E-state index contributed by atoms with van der Waals surface area (Å²) in [5.41, 5.74) is 1.00. The highest BCUT2D eigenvalue weighted by Crippen LogP contribution is 2.28. The van der Waals surface area contributed by atoms with Crippen LogP contribution in [0.5, 0.6) is 0 Å². The first kappa shape index (κ1) is 15.0. The molecule has 0 spiro atoms. The molecule has 0 bridgehead atoms. The van der Waals surface area contributed by atoms with E-state index in [9.17, 15) is 13.2 Å². The van der Waals surface area contributed by atoms with Gasteiger partial charge >= 0.3 is 5.97 Å². The Balaban J connectivity index is 2.23. The van der Waals surface area contributed by atoms with Crippen LogP contribution in [0.2, 0.25) is 0 Å². The van der Waals surface area contributed by atoms with E-state index in [0.29, 0.717) is 12.8 Å². The molecule has 1 fully saturated rings. The molecule has 1 aromatic carbocycles. The maximum atomic E-state index is 12.6. The highest BCUT2D eigenvalue weighted by Gasteiger charge is 2.36. The molecule has 20 heavy (non-hydrogen) atoms. The zero-order chi connectivity index (χ0) is 14.9. The van der Waals surface area contributed by atoms with Crippen molar-refractivity contribution in [2.75, 3.05) is 6.54 Å². The number of carboxylic acids is 1. The van der Waals surface area contributed by atoms with Crippen molar-refractivity contribution in [3.8, 4) is 0 Å². The van der Waals surface area contributed by atoms with E-state index in [2.05, 4.69) is 0 Å². The number of aliphatic carboxylic acids is 1. The van der Waals surface area contributed by atoms with Crippen LogP contribution < -0.4 is 0 Å². The van der Waals surface area contributed by atoms with Gasteiger partial charge in [0.1, 0.15) is 0 Å². The average molecular weight is 297 g/mol. The summed E-state index contributed by atoms with van der Waals surface area (Å²) in [6.45, 7) is 3.92. The van der Waals surface area contributed by atoms with E-state index < -0.39 is 21.9 Å². The molecule has 1 heterocycles. The molecule has 0 saturated carbocycles. The lowest BCUT2D eigenvalue weighted by atomic mass is 9.93. The summed E-state index contributed by atoms with van der Waals surface area (Å²) in [4.78, 5) is 11.3. The first-order valence-corrected chi connectivity index (χ1v) is 8.07. The van der Waals surface area contributed by atoms with Gasteiger partial charge in [-0.2, -0.15) is 4.31 Å². The molecule has 0 aliphatic carbocycles. The predicted molar refractivity (Wildman–Crippen MR) is 74.9 cm³/mol. The number of nitrogens with zero attached hydrogens (tertiary/aromatic N) is 1. The number of benzene rings is 1. The third-order valence-corrected chi connectivity index (χ3v) is 5.82. The summed E-state index contributed by atoms with van der Waals surface area (Å²) in [5.74, 6) is -1.29. The van der Waals surface area contributed by atoms with E-state index in [0.717, 1.165) is 5.56 Å². The molecule has 6 heteroatoms. The molecule has 0 aromatic heterocycles. The van der Waals surface area contributed by atoms with Crippen molar-refractivity contribution < 1.29 is 18.3 Å². The Labute approximate surface area is 119 Å². The average Bonchev–Trinajstić information content (AvgIpc) is 2.38. The number of rotatable bonds is 3. The van der Waals surface area contributed by atoms with Crippen molar-refractivity contribution in [1.29, 1.82) is 0 Å². The van der Waals surface area contributed by atoms with Gasteiger partial charge in [0.15, 0.2) is 0 Å². The fraction of sp³-hybridized carbons (Fsp3) is 0.500. The number of piperidine rings is 1. The highest BCUT2D eigenvalue weighted by atomic mass is 32.2. The minimum atomic E-state index is -3.54. The van der Waals surface area contributed by atoms with E-state index in [1.54, 1.807) is 31.2 Å². The molecule has 5 nitrogen and oxygen atoms in total. The first-order chi connectivity index (χ1) is 9.32. The zero-order valence-corrected chi connectivity index (χ0v) is 12.4. The summed E-state index contributed by atoms with van der Waals surface area (Å²) in [6, 6.07) is 6.43. The van der Waals surface area contributed by atoms with Crippen molar-refractivity contribution >= 4 is 16.0 Å². The van der Waals surface area contributed by atoms with Gasteiger partial charge in [-0.15, -0.1) is 0 Å². The summed E-state index contributed by atoms with van der Waals surface area (Å²) < 4.78 is 26.5. The van der Waals surface area contributed by atoms with Crippen LogP contribution in [0.4, 0.5) is 0 Å². The molecule has 1 N–H and O–H groups in total. The van der Waals surface area contributed by atoms with E-state index in [4.69, 9.17) is 5.11 Å². The first-order valence-electron chi connectivity index (χ1n) is 6.63. The van der Waals surface area contributed by atoms with Crippen LogP contribution in [-0.2, 0) is 14.8 Å². The smallest absolute Gasteiger partial charge is 0.306 e. The molecule has 2 rings (SSSR count). The van der Waals surface area contributed by atoms with Crippen LogP contribution in [-0.4, -0.2) is 36.4 Å². The Morgan fingerprint density at radius 1 is 1.30 bits per heavy atom. The van der Waals surface area contributed by atoms with Gasteiger partial charge < -0.3 is 5.11 Å². The second-order valence-electron chi connectivity index (χ2n) is 5.34. The molecule has 1 aliphatic rings. The van der Waals surface area contributed by atoms with Gasteiger partial charge in [0, 0.05) is 12.6 Å². The lowest BCUT2D eigenvalue weighted by Gasteiger charge is -2.35. The Kier molecular flexibility index (Phi) is 4.15. The van der Waals surface area contributed by atoms with Crippen molar-refractivity contribution in [2.45, 2.75) is 37.6 Å². The van der Waals surface area contributed by atoms with Gasteiger partial charge in [0.25, 0.3) is 0 Å². The van der Waals surface area contributed by atoms with Crippen molar-refractivity contribution in [1.82, 2.24) is 4.31 Å². The molecule has 1 aromatic rings. The SMILES string of the molecule is Cc1ccc(S(=O)(=O)N2CCC(C(=O)O)CC2C)cc1. The number of carboxylic acid groups (broad SMARTS) is 1. The maximum absolute atomic E-state index is 12.6. The number of aryl methyl sites for hydroxylation is 1. The van der Waals surface area contributed by atoms with Crippen molar-refractivity contribution in [3.63, 3.8) is 0 Å². The molecule has 110 valence electrons. The van der Waals surface area contributed by atoms with Crippen LogP contribution >= 0.6 is 0 Å². The summed E-state index contributed by atoms with van der Waals surface area (Å²) in [6.07, 6.45) is 0.727. The van der Waals surface area contributed by atoms with Crippen LogP contribution in [0, 0.1) is 12.8 Å². The van der Waals surface area contributed by atoms with E-state index in [1.165, 1.54) is 4.31 Å². The second kappa shape index (κ2) is 5.54. The molecular formula is C14H19NO4S. The molecule has 0 radical (unpaired) electrons. The molecule has 1 saturated heterocycles. The van der Waals surface area contributed by atoms with Crippen LogP contribution in [0.15, 0.2) is 29.2 Å². The maximum Gasteiger partial charge on any atom is 0.306 e. The van der Waals surface area contributed by atoms with Crippen molar-refractivity contribution in [3.05, 3.63) is 29.8 Å². The van der Waals surface area contributed by atoms with Crippen LogP contribution in [0.1, 0.15) is 25.3 Å². The minimum Gasteiger partial charge on any atom is -0.481 e. The summed E-state index contributed by atoms with van der Waals surface area (Å²) >= 11 is 0. The fourth-order valence-electron chi connectivity index (χ4n) is 2.58. The lowest BCUT2D eigenvalue weighted by molar-refractivity contribution is -0.143. The lowest BCUT2D eigenvalue weighted by Crippen LogP contribution is -2.45. The predicted octanol–water partition coefficient (Wildman–Crippen LogP) is 1.87. The highest BCUT2D eigenvalue weighted by molar-refractivity contribution is 7.89. The standard InChI is InChI=1S/C14H19NO4S/c1-10-3-5-13(6-4-10)20(18,19)15-8-7-12(14(16)17)9-11(15)2/h3-6,11-12H,7-9H2,1-2H3,(H,16,17). The molecule has 1 aliphatic heterocycles. The van der Waals surface area contributed by atoms with Crippen LogP contribution in [0.25, 0.3) is 0 Å².